The second kappa shape index (κ2) is 14.8. The van der Waals surface area contributed by atoms with Gasteiger partial charge in [0.1, 0.15) is 23.0 Å². The van der Waals surface area contributed by atoms with Gasteiger partial charge in [-0.15, -0.1) is 0 Å². The SMILES string of the molecule is CN1C2CCC1CC(OC(c1ccccc1)c1ccccc1)C2.COc1c(C(C)C)oc2cc3oc(=O)ccc3cc12.O=S(=O)(O)O. The quantitative estimate of drug-likeness (QED) is 0.139. The molecule has 2 N–H and O–H groups in total. The molecule has 2 aliphatic rings. The van der Waals surface area contributed by atoms with E-state index in [9.17, 15) is 4.79 Å². The summed E-state index contributed by atoms with van der Waals surface area (Å²) in [5.41, 5.74) is 3.33. The summed E-state index contributed by atoms with van der Waals surface area (Å²) in [6.07, 6.45) is 5.43. The number of furan rings is 1. The Bertz CT molecular complexity index is 1880. The topological polar surface area (TPSA) is 140 Å². The molecular formula is C36H41NO9S. The molecular weight excluding hydrogens is 622 g/mol. The molecule has 10 nitrogen and oxygen atoms in total. The van der Waals surface area contributed by atoms with Gasteiger partial charge in [-0.2, -0.15) is 8.42 Å². The van der Waals surface area contributed by atoms with E-state index in [1.807, 2.05) is 19.9 Å². The van der Waals surface area contributed by atoms with E-state index < -0.39 is 10.4 Å². The molecule has 11 heteroatoms. The van der Waals surface area contributed by atoms with Gasteiger partial charge in [0, 0.05) is 35.5 Å². The first kappa shape index (κ1) is 34.3. The van der Waals surface area contributed by atoms with Gasteiger partial charge in [0.2, 0.25) is 0 Å². The Balaban J connectivity index is 0.000000164. The Kier molecular flexibility index (Phi) is 10.8. The van der Waals surface area contributed by atoms with Crippen molar-refractivity contribution >= 4 is 32.3 Å². The van der Waals surface area contributed by atoms with Gasteiger partial charge in [0.15, 0.2) is 5.75 Å². The number of methoxy groups -OCH3 is 1. The molecule has 2 aromatic heterocycles. The Morgan fingerprint density at radius 1 is 0.830 bits per heavy atom. The summed E-state index contributed by atoms with van der Waals surface area (Å²) in [5, 5.41) is 1.74. The summed E-state index contributed by atoms with van der Waals surface area (Å²) in [5.74, 6) is 1.77. The minimum atomic E-state index is -4.67. The first-order chi connectivity index (χ1) is 22.4. The summed E-state index contributed by atoms with van der Waals surface area (Å²) in [6, 6.07) is 29.5. The largest absolute Gasteiger partial charge is 0.492 e. The van der Waals surface area contributed by atoms with Gasteiger partial charge < -0.3 is 23.2 Å². The predicted molar refractivity (Wildman–Crippen MR) is 180 cm³/mol. The number of nitrogens with zero attached hydrogens (tertiary/aromatic N) is 1. The number of piperidine rings is 1. The van der Waals surface area contributed by atoms with Crippen molar-refractivity contribution in [3.8, 4) is 5.75 Å². The molecule has 5 aromatic rings. The van der Waals surface area contributed by atoms with Crippen LogP contribution < -0.4 is 10.4 Å². The lowest BCUT2D eigenvalue weighted by molar-refractivity contribution is -0.0426. The average Bonchev–Trinajstić information content (AvgIpc) is 3.48. The molecule has 7 rings (SSSR count). The lowest BCUT2D eigenvalue weighted by Gasteiger charge is -2.38. The third kappa shape index (κ3) is 8.68. The maximum absolute atomic E-state index is 11.2. The van der Waals surface area contributed by atoms with Crippen LogP contribution in [0.1, 0.15) is 68.4 Å². The van der Waals surface area contributed by atoms with Crippen LogP contribution in [0.3, 0.4) is 0 Å². The number of ether oxygens (including phenoxy) is 2. The van der Waals surface area contributed by atoms with E-state index >= 15 is 0 Å². The molecule has 0 spiro atoms. The van der Waals surface area contributed by atoms with Gasteiger partial charge in [0.25, 0.3) is 0 Å². The van der Waals surface area contributed by atoms with Gasteiger partial charge >= 0.3 is 16.0 Å². The van der Waals surface area contributed by atoms with Crippen molar-refractivity contribution in [2.75, 3.05) is 14.2 Å². The minimum Gasteiger partial charge on any atom is -0.492 e. The maximum atomic E-state index is 11.2. The third-order valence-corrected chi connectivity index (χ3v) is 8.73. The molecule has 4 heterocycles. The van der Waals surface area contributed by atoms with E-state index in [-0.39, 0.29) is 17.6 Å². The van der Waals surface area contributed by atoms with Crippen LogP contribution in [0.15, 0.2) is 98.6 Å². The van der Waals surface area contributed by atoms with E-state index in [0.29, 0.717) is 29.4 Å². The van der Waals surface area contributed by atoms with Gasteiger partial charge in [-0.05, 0) is 56.0 Å². The molecule has 47 heavy (non-hydrogen) atoms. The summed E-state index contributed by atoms with van der Waals surface area (Å²) < 4.78 is 54.7. The molecule has 0 aliphatic carbocycles. The first-order valence-corrected chi connectivity index (χ1v) is 17.0. The third-order valence-electron chi connectivity index (χ3n) is 8.73. The average molecular weight is 664 g/mol. The van der Waals surface area contributed by atoms with Gasteiger partial charge in [-0.25, -0.2) is 4.79 Å². The normalized spacial score (nSPS) is 19.4. The Morgan fingerprint density at radius 3 is 1.89 bits per heavy atom. The predicted octanol–water partition coefficient (Wildman–Crippen LogP) is 7.44. The van der Waals surface area contributed by atoms with Crippen molar-refractivity contribution in [2.24, 2.45) is 0 Å². The number of hydrogen-bond donors (Lipinski definition) is 2. The minimum absolute atomic E-state index is 0.0465. The Labute approximate surface area is 274 Å². The molecule has 2 bridgehead atoms. The van der Waals surface area contributed by atoms with Crippen molar-refractivity contribution in [3.05, 3.63) is 112 Å². The van der Waals surface area contributed by atoms with Crippen LogP contribution in [-0.2, 0) is 15.1 Å². The monoisotopic (exact) mass is 663 g/mol. The van der Waals surface area contributed by atoms with Crippen LogP contribution in [0.5, 0.6) is 5.75 Å². The molecule has 3 aromatic carbocycles. The van der Waals surface area contributed by atoms with Crippen LogP contribution in [0, 0.1) is 0 Å². The van der Waals surface area contributed by atoms with Crippen LogP contribution in [0.2, 0.25) is 0 Å². The Morgan fingerprint density at radius 2 is 1.38 bits per heavy atom. The van der Waals surface area contributed by atoms with Gasteiger partial charge in [0.05, 0.1) is 18.6 Å². The molecule has 2 unspecified atom stereocenters. The second-order valence-corrected chi connectivity index (χ2v) is 13.1. The van der Waals surface area contributed by atoms with Crippen LogP contribution in [0.4, 0.5) is 0 Å². The fourth-order valence-electron chi connectivity index (χ4n) is 6.52. The van der Waals surface area contributed by atoms with E-state index in [0.717, 1.165) is 22.3 Å². The summed E-state index contributed by atoms with van der Waals surface area (Å²) in [6.45, 7) is 4.08. The van der Waals surface area contributed by atoms with E-state index in [4.69, 9.17) is 35.8 Å². The van der Waals surface area contributed by atoms with Gasteiger partial charge in [-0.3, -0.25) is 9.11 Å². The van der Waals surface area contributed by atoms with Crippen molar-refractivity contribution in [1.82, 2.24) is 4.90 Å². The molecule has 0 amide bonds. The van der Waals surface area contributed by atoms with Gasteiger partial charge in [-0.1, -0.05) is 74.5 Å². The Hall–Kier alpha value is -4.00. The molecule has 0 saturated carbocycles. The lowest BCUT2D eigenvalue weighted by atomic mass is 9.97. The van der Waals surface area contributed by atoms with Crippen LogP contribution >= 0.6 is 0 Å². The zero-order valence-corrected chi connectivity index (χ0v) is 27.7. The van der Waals surface area contributed by atoms with Crippen LogP contribution in [-0.4, -0.2) is 54.8 Å². The number of benzene rings is 3. The summed E-state index contributed by atoms with van der Waals surface area (Å²) in [7, 11) is -0.754. The van der Waals surface area contributed by atoms with Crippen molar-refractivity contribution in [1.29, 1.82) is 0 Å². The molecule has 2 fully saturated rings. The summed E-state index contributed by atoms with van der Waals surface area (Å²) >= 11 is 0. The van der Waals surface area contributed by atoms with E-state index in [1.54, 1.807) is 19.2 Å². The first-order valence-electron chi connectivity index (χ1n) is 15.6. The lowest BCUT2D eigenvalue weighted by Crippen LogP contribution is -2.43. The second-order valence-electron chi connectivity index (χ2n) is 12.2. The molecule has 2 atom stereocenters. The highest BCUT2D eigenvalue weighted by molar-refractivity contribution is 7.79. The fourth-order valence-corrected chi connectivity index (χ4v) is 6.52. The van der Waals surface area contributed by atoms with Crippen molar-refractivity contribution < 1.29 is 35.8 Å². The van der Waals surface area contributed by atoms with Crippen molar-refractivity contribution in [3.63, 3.8) is 0 Å². The number of rotatable bonds is 6. The van der Waals surface area contributed by atoms with E-state index in [2.05, 4.69) is 72.6 Å². The highest BCUT2D eigenvalue weighted by Crippen LogP contribution is 2.40. The summed E-state index contributed by atoms with van der Waals surface area (Å²) in [4.78, 5) is 13.8. The fraction of sp³-hybridized carbons (Fsp3) is 0.361. The maximum Gasteiger partial charge on any atom is 0.394 e. The van der Waals surface area contributed by atoms with Crippen LogP contribution in [0.25, 0.3) is 21.9 Å². The smallest absolute Gasteiger partial charge is 0.394 e. The van der Waals surface area contributed by atoms with Crippen molar-refractivity contribution in [2.45, 2.75) is 69.7 Å². The molecule has 2 saturated heterocycles. The standard InChI is InChI=1S/C21H25NO.C15H14O4.H2O4S/c1-22-18-12-13-19(22)15-20(14-18)23-21(16-8-4-2-5-9-16)17-10-6-3-7-11-17;1-8(2)14-15(17-3)10-6-9-4-5-13(16)18-11(9)7-12(10)19-14;1-5(2,3)4/h2-11,18-21H,12-15H2,1H3;4-8H,1-3H3;(H2,1,2,3,4). The zero-order chi connectivity index (χ0) is 33.7. The number of fused-ring (bicyclic) bond motifs is 4. The zero-order valence-electron chi connectivity index (χ0n) is 26.9. The van der Waals surface area contributed by atoms with E-state index in [1.165, 1.54) is 42.9 Å². The molecule has 250 valence electrons. The highest BCUT2D eigenvalue weighted by atomic mass is 32.3. The number of hydrogen-bond acceptors (Lipinski definition) is 8. The molecule has 0 radical (unpaired) electrons. The molecule has 2 aliphatic heterocycles. The highest BCUT2D eigenvalue weighted by Gasteiger charge is 2.39.